The number of carbonyl (C=O) groups is 1. The predicted octanol–water partition coefficient (Wildman–Crippen LogP) is 4.06. The monoisotopic (exact) mass is 566 g/mol. The molecule has 1 aliphatic carbocycles. The van der Waals surface area contributed by atoms with E-state index in [0.29, 0.717) is 25.8 Å². The van der Waals surface area contributed by atoms with Gasteiger partial charge in [0.2, 0.25) is 0 Å². The van der Waals surface area contributed by atoms with E-state index in [0.717, 1.165) is 74.8 Å². The van der Waals surface area contributed by atoms with E-state index in [4.69, 9.17) is 18.9 Å². The molecule has 1 saturated heterocycles. The van der Waals surface area contributed by atoms with Crippen molar-refractivity contribution in [1.82, 2.24) is 16.0 Å². The van der Waals surface area contributed by atoms with Gasteiger partial charge in [-0.2, -0.15) is 0 Å². The first-order chi connectivity index (χ1) is 20.1. The largest absolute Gasteiger partial charge is 0.497 e. The molecule has 0 radical (unpaired) electrons. The average molecular weight is 567 g/mol. The molecule has 0 unspecified atom stereocenters. The van der Waals surface area contributed by atoms with Crippen LogP contribution in [0.4, 0.5) is 10.5 Å². The molecule has 9 heteroatoms. The highest BCUT2D eigenvalue weighted by Gasteiger charge is 2.35. The molecule has 2 aliphatic heterocycles. The van der Waals surface area contributed by atoms with Crippen LogP contribution >= 0.6 is 0 Å². The van der Waals surface area contributed by atoms with E-state index in [1.54, 1.807) is 14.2 Å². The standard InChI is InChI=1S/C32H46N4O5/c1-38-16-5-14-36-15-17-40-29-13-8-23(18-28(29)36)22-41-30-21-33-19-25(20-34-32(37)35-26-6-3-4-7-26)31(30)24-9-11-27(39-2)12-10-24/h8-13,18,25-26,30-31,33H,3-7,14-17,19-22H2,1-2H3,(H2,34,35,37)/t25-,30-,31-/m0/s1. The maximum absolute atomic E-state index is 12.7. The third-order valence-electron chi connectivity index (χ3n) is 8.60. The zero-order chi connectivity index (χ0) is 28.4. The van der Waals surface area contributed by atoms with Gasteiger partial charge < -0.3 is 39.8 Å². The molecule has 3 atom stereocenters. The summed E-state index contributed by atoms with van der Waals surface area (Å²) in [5.41, 5.74) is 3.44. The first-order valence-electron chi connectivity index (χ1n) is 15.1. The Labute approximate surface area is 244 Å². The van der Waals surface area contributed by atoms with Gasteiger partial charge in [-0.15, -0.1) is 0 Å². The first kappa shape index (κ1) is 29.5. The van der Waals surface area contributed by atoms with E-state index in [1.165, 1.54) is 18.4 Å². The number of carbonyl (C=O) groups excluding carboxylic acids is 1. The molecule has 2 fully saturated rings. The minimum atomic E-state index is -0.0697. The van der Waals surface area contributed by atoms with E-state index in [1.807, 2.05) is 12.1 Å². The second-order valence-electron chi connectivity index (χ2n) is 11.4. The number of nitrogens with zero attached hydrogens (tertiary/aromatic N) is 1. The van der Waals surface area contributed by atoms with Gasteiger partial charge in [-0.3, -0.25) is 0 Å². The van der Waals surface area contributed by atoms with Gasteiger partial charge in [-0.1, -0.05) is 31.0 Å². The van der Waals surface area contributed by atoms with Crippen molar-refractivity contribution in [2.75, 3.05) is 65.1 Å². The van der Waals surface area contributed by atoms with E-state index in [2.05, 4.69) is 51.2 Å². The molecule has 3 aliphatic rings. The zero-order valence-electron chi connectivity index (χ0n) is 24.5. The lowest BCUT2D eigenvalue weighted by Crippen LogP contribution is -2.51. The second-order valence-corrected chi connectivity index (χ2v) is 11.4. The molecule has 2 amide bonds. The van der Waals surface area contributed by atoms with Crippen LogP contribution in [-0.4, -0.2) is 78.3 Å². The number of amides is 2. The quantitative estimate of drug-likeness (QED) is 0.334. The van der Waals surface area contributed by atoms with Crippen LogP contribution in [0.15, 0.2) is 42.5 Å². The molecule has 2 aromatic rings. The number of hydrogen-bond donors (Lipinski definition) is 3. The number of ether oxygens (including phenoxy) is 4. The summed E-state index contributed by atoms with van der Waals surface area (Å²) in [7, 11) is 3.43. The highest BCUT2D eigenvalue weighted by atomic mass is 16.5. The molecule has 2 aromatic carbocycles. The fourth-order valence-electron chi connectivity index (χ4n) is 6.42. The highest BCUT2D eigenvalue weighted by Crippen LogP contribution is 2.36. The third-order valence-corrected chi connectivity index (χ3v) is 8.60. The van der Waals surface area contributed by atoms with Gasteiger partial charge in [0.05, 0.1) is 32.1 Å². The molecule has 1 saturated carbocycles. The Morgan fingerprint density at radius 3 is 2.71 bits per heavy atom. The fourth-order valence-corrected chi connectivity index (χ4v) is 6.42. The molecule has 224 valence electrons. The van der Waals surface area contributed by atoms with Crippen molar-refractivity contribution in [2.24, 2.45) is 5.92 Å². The number of fused-ring (bicyclic) bond motifs is 1. The minimum Gasteiger partial charge on any atom is -0.497 e. The molecule has 9 nitrogen and oxygen atoms in total. The second kappa shape index (κ2) is 14.8. The highest BCUT2D eigenvalue weighted by molar-refractivity contribution is 5.74. The van der Waals surface area contributed by atoms with Crippen molar-refractivity contribution in [3.63, 3.8) is 0 Å². The predicted molar refractivity (Wildman–Crippen MR) is 160 cm³/mol. The lowest BCUT2D eigenvalue weighted by atomic mass is 9.79. The summed E-state index contributed by atoms with van der Waals surface area (Å²) in [6, 6.07) is 14.9. The number of urea groups is 1. The number of methoxy groups -OCH3 is 2. The molecule has 2 heterocycles. The van der Waals surface area contributed by atoms with Crippen molar-refractivity contribution >= 4 is 11.7 Å². The number of rotatable bonds is 12. The summed E-state index contributed by atoms with van der Waals surface area (Å²) < 4.78 is 23.3. The van der Waals surface area contributed by atoms with Gasteiger partial charge >= 0.3 is 6.03 Å². The van der Waals surface area contributed by atoms with Gasteiger partial charge in [-0.25, -0.2) is 4.79 Å². The molecule has 41 heavy (non-hydrogen) atoms. The fraction of sp³-hybridized carbons (Fsp3) is 0.594. The Balaban J connectivity index is 1.27. The van der Waals surface area contributed by atoms with Crippen LogP contribution in [-0.2, 0) is 16.1 Å². The smallest absolute Gasteiger partial charge is 0.315 e. The number of piperidine rings is 1. The van der Waals surface area contributed by atoms with Crippen LogP contribution in [0.2, 0.25) is 0 Å². The van der Waals surface area contributed by atoms with Gasteiger partial charge in [0, 0.05) is 51.9 Å². The van der Waals surface area contributed by atoms with Crippen molar-refractivity contribution in [3.8, 4) is 11.5 Å². The molecule has 0 bridgehead atoms. The minimum absolute atomic E-state index is 0.0491. The molecule has 0 spiro atoms. The lowest BCUT2D eigenvalue weighted by Gasteiger charge is -2.39. The van der Waals surface area contributed by atoms with Crippen molar-refractivity contribution in [1.29, 1.82) is 0 Å². The van der Waals surface area contributed by atoms with Crippen LogP contribution < -0.4 is 30.3 Å². The average Bonchev–Trinajstić information content (AvgIpc) is 3.52. The summed E-state index contributed by atoms with van der Waals surface area (Å²) in [4.78, 5) is 15.1. The Morgan fingerprint density at radius 1 is 1.10 bits per heavy atom. The van der Waals surface area contributed by atoms with Gasteiger partial charge in [0.15, 0.2) is 0 Å². The SMILES string of the molecule is COCCCN1CCOc2ccc(CO[C@H]3CNC[C@@H](CNC(=O)NC4CCCC4)[C@@H]3c3ccc(OC)cc3)cc21. The Bertz CT molecular complexity index is 1110. The van der Waals surface area contributed by atoms with Gasteiger partial charge in [0.25, 0.3) is 0 Å². The van der Waals surface area contributed by atoms with E-state index in [9.17, 15) is 4.79 Å². The number of nitrogens with one attached hydrogen (secondary N) is 3. The third kappa shape index (κ3) is 7.84. The Hall–Kier alpha value is -3.01. The van der Waals surface area contributed by atoms with Crippen LogP contribution in [0.3, 0.4) is 0 Å². The summed E-state index contributed by atoms with van der Waals surface area (Å²) >= 11 is 0. The van der Waals surface area contributed by atoms with E-state index >= 15 is 0 Å². The number of hydrogen-bond acceptors (Lipinski definition) is 7. The molecule has 5 rings (SSSR count). The molecular weight excluding hydrogens is 520 g/mol. The van der Waals surface area contributed by atoms with Gasteiger partial charge in [0.1, 0.15) is 18.1 Å². The summed E-state index contributed by atoms with van der Waals surface area (Å²) in [6.07, 6.45) is 5.46. The van der Waals surface area contributed by atoms with E-state index < -0.39 is 0 Å². The Kier molecular flexibility index (Phi) is 10.6. The zero-order valence-corrected chi connectivity index (χ0v) is 24.5. The molecule has 3 N–H and O–H groups in total. The molecular formula is C32H46N4O5. The maximum Gasteiger partial charge on any atom is 0.315 e. The topological polar surface area (TPSA) is 93.3 Å². The van der Waals surface area contributed by atoms with Crippen LogP contribution in [0, 0.1) is 5.92 Å². The van der Waals surface area contributed by atoms with Crippen molar-refractivity contribution in [2.45, 2.75) is 56.8 Å². The number of benzene rings is 2. The normalized spacial score (nSPS) is 22.6. The van der Waals surface area contributed by atoms with Crippen molar-refractivity contribution < 1.29 is 23.7 Å². The van der Waals surface area contributed by atoms with Crippen LogP contribution in [0.25, 0.3) is 0 Å². The first-order valence-corrected chi connectivity index (χ1v) is 15.1. The van der Waals surface area contributed by atoms with Crippen LogP contribution in [0.1, 0.15) is 49.1 Å². The lowest BCUT2D eigenvalue weighted by molar-refractivity contribution is -0.00556. The maximum atomic E-state index is 12.7. The summed E-state index contributed by atoms with van der Waals surface area (Å²) in [5, 5.41) is 9.87. The molecule has 0 aromatic heterocycles. The summed E-state index contributed by atoms with van der Waals surface area (Å²) in [5.74, 6) is 2.07. The number of anilines is 1. The Morgan fingerprint density at radius 2 is 1.93 bits per heavy atom. The summed E-state index contributed by atoms with van der Waals surface area (Å²) in [6.45, 7) is 5.89. The van der Waals surface area contributed by atoms with Gasteiger partial charge in [-0.05, 0) is 60.6 Å². The van der Waals surface area contributed by atoms with Crippen LogP contribution in [0.5, 0.6) is 11.5 Å². The van der Waals surface area contributed by atoms with Crippen molar-refractivity contribution in [3.05, 3.63) is 53.6 Å². The van der Waals surface area contributed by atoms with E-state index in [-0.39, 0.29) is 24.0 Å².